The lowest BCUT2D eigenvalue weighted by Gasteiger charge is -2.12. The van der Waals surface area contributed by atoms with Crippen LogP contribution >= 0.6 is 0 Å². The van der Waals surface area contributed by atoms with Crippen molar-refractivity contribution in [2.24, 2.45) is 0 Å². The van der Waals surface area contributed by atoms with Crippen LogP contribution in [-0.2, 0) is 4.79 Å². The fourth-order valence-corrected chi connectivity index (χ4v) is 2.16. The Morgan fingerprint density at radius 2 is 1.91 bits per heavy atom. The van der Waals surface area contributed by atoms with Crippen LogP contribution < -0.4 is 15.4 Å². The molecule has 2 aromatic carbocycles. The van der Waals surface area contributed by atoms with E-state index in [0.717, 1.165) is 11.3 Å². The van der Waals surface area contributed by atoms with Gasteiger partial charge < -0.3 is 15.4 Å². The highest BCUT2D eigenvalue weighted by Crippen LogP contribution is 2.24. The standard InChI is InChI=1S/C18H20N2O3/c1-12-7-8-17(23-3)16(9-12)19-11-18(22)20-15-6-4-5-14(10-15)13(2)21/h4-10,19H,11H2,1-3H3,(H,20,22). The minimum atomic E-state index is -0.200. The van der Waals surface area contributed by atoms with Crippen molar-refractivity contribution in [1.82, 2.24) is 0 Å². The molecule has 120 valence electrons. The zero-order valence-electron chi connectivity index (χ0n) is 13.5. The summed E-state index contributed by atoms with van der Waals surface area (Å²) in [7, 11) is 1.59. The van der Waals surface area contributed by atoms with Gasteiger partial charge in [0.2, 0.25) is 5.91 Å². The Labute approximate surface area is 135 Å². The molecule has 0 radical (unpaired) electrons. The van der Waals surface area contributed by atoms with Gasteiger partial charge in [0.25, 0.3) is 0 Å². The zero-order chi connectivity index (χ0) is 16.8. The van der Waals surface area contributed by atoms with Crippen LogP contribution in [0, 0.1) is 6.92 Å². The Kier molecular flexibility index (Phi) is 5.36. The van der Waals surface area contributed by atoms with E-state index in [0.29, 0.717) is 17.0 Å². The number of ketones is 1. The number of Topliss-reactive ketones (excluding diaryl/α,β-unsaturated/α-hetero) is 1. The maximum absolute atomic E-state index is 12.1. The topological polar surface area (TPSA) is 67.4 Å². The molecule has 0 aromatic heterocycles. The average Bonchev–Trinajstić information content (AvgIpc) is 2.53. The summed E-state index contributed by atoms with van der Waals surface area (Å²) < 4.78 is 5.26. The van der Waals surface area contributed by atoms with Gasteiger partial charge in [-0.15, -0.1) is 0 Å². The first-order valence-electron chi connectivity index (χ1n) is 7.29. The Balaban J connectivity index is 1.99. The van der Waals surface area contributed by atoms with Crippen LogP contribution in [0.2, 0.25) is 0 Å². The monoisotopic (exact) mass is 312 g/mol. The van der Waals surface area contributed by atoms with Crippen LogP contribution in [0.25, 0.3) is 0 Å². The minimum absolute atomic E-state index is 0.0382. The highest BCUT2D eigenvalue weighted by atomic mass is 16.5. The smallest absolute Gasteiger partial charge is 0.243 e. The lowest BCUT2D eigenvalue weighted by molar-refractivity contribution is -0.114. The predicted molar refractivity (Wildman–Crippen MR) is 91.3 cm³/mol. The van der Waals surface area contributed by atoms with E-state index in [4.69, 9.17) is 4.74 Å². The summed E-state index contributed by atoms with van der Waals surface area (Å²) in [6.45, 7) is 3.56. The zero-order valence-corrected chi connectivity index (χ0v) is 13.5. The van der Waals surface area contributed by atoms with E-state index in [1.807, 2.05) is 25.1 Å². The fourth-order valence-electron chi connectivity index (χ4n) is 2.16. The van der Waals surface area contributed by atoms with Crippen molar-refractivity contribution in [3.63, 3.8) is 0 Å². The number of ether oxygens (including phenoxy) is 1. The molecule has 0 saturated heterocycles. The number of amides is 1. The van der Waals surface area contributed by atoms with Crippen molar-refractivity contribution in [2.75, 3.05) is 24.3 Å². The molecule has 0 fully saturated rings. The minimum Gasteiger partial charge on any atom is -0.495 e. The summed E-state index contributed by atoms with van der Waals surface area (Å²) in [6, 6.07) is 12.6. The van der Waals surface area contributed by atoms with Gasteiger partial charge in [0.05, 0.1) is 19.3 Å². The number of benzene rings is 2. The third kappa shape index (κ3) is 4.57. The van der Waals surface area contributed by atoms with Gasteiger partial charge in [-0.25, -0.2) is 0 Å². The molecule has 23 heavy (non-hydrogen) atoms. The first-order chi connectivity index (χ1) is 11.0. The van der Waals surface area contributed by atoms with Gasteiger partial charge in [-0.2, -0.15) is 0 Å². The molecule has 0 saturated carbocycles. The lowest BCUT2D eigenvalue weighted by atomic mass is 10.1. The van der Waals surface area contributed by atoms with Crippen LogP contribution in [0.15, 0.2) is 42.5 Å². The molecule has 0 heterocycles. The largest absolute Gasteiger partial charge is 0.495 e. The molecule has 0 unspecified atom stereocenters. The van der Waals surface area contributed by atoms with E-state index in [1.54, 1.807) is 31.4 Å². The number of rotatable bonds is 6. The number of hydrogen-bond acceptors (Lipinski definition) is 4. The Hall–Kier alpha value is -2.82. The van der Waals surface area contributed by atoms with Gasteiger partial charge in [0.1, 0.15) is 5.75 Å². The van der Waals surface area contributed by atoms with Gasteiger partial charge in [-0.3, -0.25) is 9.59 Å². The summed E-state index contributed by atoms with van der Waals surface area (Å²) in [5.41, 5.74) is 3.00. The number of carbonyl (C=O) groups is 2. The van der Waals surface area contributed by atoms with E-state index in [2.05, 4.69) is 10.6 Å². The number of carbonyl (C=O) groups excluding carboxylic acids is 2. The normalized spacial score (nSPS) is 10.0. The molecule has 1 amide bonds. The third-order valence-electron chi connectivity index (χ3n) is 3.35. The number of methoxy groups -OCH3 is 1. The van der Waals surface area contributed by atoms with Crippen LogP contribution in [0.5, 0.6) is 5.75 Å². The maximum Gasteiger partial charge on any atom is 0.243 e. The van der Waals surface area contributed by atoms with Gasteiger partial charge in [0.15, 0.2) is 5.78 Å². The Morgan fingerprint density at radius 1 is 1.13 bits per heavy atom. The SMILES string of the molecule is COc1ccc(C)cc1NCC(=O)Nc1cccc(C(C)=O)c1. The highest BCUT2D eigenvalue weighted by molar-refractivity contribution is 5.98. The quantitative estimate of drug-likeness (QED) is 0.803. The van der Waals surface area contributed by atoms with Crippen molar-refractivity contribution in [3.05, 3.63) is 53.6 Å². The molecule has 0 aliphatic rings. The van der Waals surface area contributed by atoms with Crippen molar-refractivity contribution >= 4 is 23.1 Å². The maximum atomic E-state index is 12.1. The first kappa shape index (κ1) is 16.5. The molecule has 5 heteroatoms. The molecule has 0 aliphatic carbocycles. The summed E-state index contributed by atoms with van der Waals surface area (Å²) >= 11 is 0. The van der Waals surface area contributed by atoms with E-state index < -0.39 is 0 Å². The number of hydrogen-bond donors (Lipinski definition) is 2. The van der Waals surface area contributed by atoms with Crippen LogP contribution in [0.4, 0.5) is 11.4 Å². The number of anilines is 2. The second-order valence-corrected chi connectivity index (χ2v) is 5.24. The number of aryl methyl sites for hydroxylation is 1. The van der Waals surface area contributed by atoms with Gasteiger partial charge >= 0.3 is 0 Å². The van der Waals surface area contributed by atoms with Crippen molar-refractivity contribution < 1.29 is 14.3 Å². The molecule has 0 aliphatic heterocycles. The van der Waals surface area contributed by atoms with E-state index in [1.165, 1.54) is 6.92 Å². The predicted octanol–water partition coefficient (Wildman–Crippen LogP) is 3.26. The van der Waals surface area contributed by atoms with E-state index in [-0.39, 0.29) is 18.2 Å². The Morgan fingerprint density at radius 3 is 2.61 bits per heavy atom. The second-order valence-electron chi connectivity index (χ2n) is 5.24. The molecule has 2 rings (SSSR count). The molecule has 2 N–H and O–H groups in total. The molecule has 2 aromatic rings. The summed E-state index contributed by atoms with van der Waals surface area (Å²) in [5.74, 6) is 0.444. The van der Waals surface area contributed by atoms with Gasteiger partial charge in [-0.05, 0) is 43.7 Å². The number of nitrogens with one attached hydrogen (secondary N) is 2. The summed E-state index contributed by atoms with van der Waals surface area (Å²) in [5, 5.41) is 5.82. The van der Waals surface area contributed by atoms with Crippen molar-refractivity contribution in [2.45, 2.75) is 13.8 Å². The third-order valence-corrected chi connectivity index (χ3v) is 3.35. The molecule has 5 nitrogen and oxygen atoms in total. The van der Waals surface area contributed by atoms with Crippen molar-refractivity contribution in [3.8, 4) is 5.75 Å². The average molecular weight is 312 g/mol. The highest BCUT2D eigenvalue weighted by Gasteiger charge is 2.07. The van der Waals surface area contributed by atoms with Gasteiger partial charge in [-0.1, -0.05) is 18.2 Å². The van der Waals surface area contributed by atoms with Crippen LogP contribution in [0.1, 0.15) is 22.8 Å². The van der Waals surface area contributed by atoms with Crippen LogP contribution in [0.3, 0.4) is 0 Å². The second kappa shape index (κ2) is 7.45. The molecular formula is C18H20N2O3. The van der Waals surface area contributed by atoms with Crippen molar-refractivity contribution in [1.29, 1.82) is 0 Å². The molecule has 0 bridgehead atoms. The van der Waals surface area contributed by atoms with E-state index in [9.17, 15) is 9.59 Å². The lowest BCUT2D eigenvalue weighted by Crippen LogP contribution is -2.22. The Bertz CT molecular complexity index is 726. The molecule has 0 spiro atoms. The fraction of sp³-hybridized carbons (Fsp3) is 0.222. The summed E-state index contributed by atoms with van der Waals surface area (Å²) in [4.78, 5) is 23.4. The molecule has 0 atom stereocenters. The van der Waals surface area contributed by atoms with Crippen LogP contribution in [-0.4, -0.2) is 25.3 Å². The first-order valence-corrected chi connectivity index (χ1v) is 7.29. The van der Waals surface area contributed by atoms with E-state index >= 15 is 0 Å². The summed E-state index contributed by atoms with van der Waals surface area (Å²) in [6.07, 6.45) is 0. The molecular weight excluding hydrogens is 292 g/mol. The van der Waals surface area contributed by atoms with Gasteiger partial charge in [0, 0.05) is 11.3 Å².